The van der Waals surface area contributed by atoms with Crippen LogP contribution in [-0.2, 0) is 0 Å². The molecule has 1 unspecified atom stereocenters. The number of ether oxygens (including phenoxy) is 1. The van der Waals surface area contributed by atoms with E-state index < -0.39 is 0 Å². The summed E-state index contributed by atoms with van der Waals surface area (Å²) in [5.41, 5.74) is 4.06. The van der Waals surface area contributed by atoms with Gasteiger partial charge in [-0.3, -0.25) is 0 Å². The summed E-state index contributed by atoms with van der Waals surface area (Å²) in [6.07, 6.45) is 0. The number of hydrogen-bond acceptors (Lipinski definition) is 3. The Morgan fingerprint density at radius 3 is 2.57 bits per heavy atom. The highest BCUT2D eigenvalue weighted by Gasteiger charge is 2.13. The predicted octanol–water partition coefficient (Wildman–Crippen LogP) is 4.58. The minimum absolute atomic E-state index is 0.121. The molecule has 0 heterocycles. The molecule has 2 aromatic rings. The third kappa shape index (κ3) is 3.48. The molecule has 0 aliphatic heterocycles. The lowest BCUT2D eigenvalue weighted by atomic mass is 10.0. The van der Waals surface area contributed by atoms with Gasteiger partial charge in [-0.15, -0.1) is 0 Å². The summed E-state index contributed by atoms with van der Waals surface area (Å²) < 4.78 is 5.69. The first-order valence-electron chi connectivity index (χ1n) is 7.31. The Morgan fingerprint density at radius 1 is 1.14 bits per heavy atom. The van der Waals surface area contributed by atoms with Crippen LogP contribution < -0.4 is 10.1 Å². The number of aromatic hydroxyl groups is 1. The third-order valence-electron chi connectivity index (χ3n) is 3.60. The molecule has 0 aliphatic rings. The van der Waals surface area contributed by atoms with Crippen LogP contribution >= 0.6 is 0 Å². The van der Waals surface area contributed by atoms with E-state index in [4.69, 9.17) is 4.74 Å². The van der Waals surface area contributed by atoms with Crippen molar-refractivity contribution in [1.82, 2.24) is 0 Å². The Morgan fingerprint density at radius 2 is 1.86 bits per heavy atom. The molecule has 0 saturated heterocycles. The minimum Gasteiger partial charge on any atom is -0.508 e. The first kappa shape index (κ1) is 15.2. The van der Waals surface area contributed by atoms with Gasteiger partial charge in [-0.2, -0.15) is 0 Å². The number of anilines is 1. The molecule has 0 radical (unpaired) electrons. The molecular formula is C18H23NO2. The van der Waals surface area contributed by atoms with Crippen molar-refractivity contribution in [1.29, 1.82) is 0 Å². The second-order valence-electron chi connectivity index (χ2n) is 5.29. The van der Waals surface area contributed by atoms with E-state index in [1.165, 1.54) is 0 Å². The summed E-state index contributed by atoms with van der Waals surface area (Å²) in [6, 6.07) is 12.0. The molecule has 2 aromatic carbocycles. The molecule has 3 heteroatoms. The molecule has 0 aromatic heterocycles. The summed E-state index contributed by atoms with van der Waals surface area (Å²) in [4.78, 5) is 0. The number of nitrogens with one attached hydrogen (secondary N) is 1. The molecule has 0 amide bonds. The Bertz CT molecular complexity index is 623. The lowest BCUT2D eigenvalue weighted by molar-refractivity contribution is 0.335. The van der Waals surface area contributed by atoms with Crippen LogP contribution in [0.25, 0.3) is 0 Å². The minimum atomic E-state index is 0.121. The molecule has 21 heavy (non-hydrogen) atoms. The molecule has 2 N–H and O–H groups in total. The zero-order valence-corrected chi connectivity index (χ0v) is 13.1. The molecule has 1 atom stereocenters. The zero-order chi connectivity index (χ0) is 15.4. The van der Waals surface area contributed by atoms with Gasteiger partial charge in [0, 0.05) is 11.3 Å². The van der Waals surface area contributed by atoms with Crippen LogP contribution in [0.1, 0.15) is 36.6 Å². The van der Waals surface area contributed by atoms with E-state index in [1.54, 1.807) is 6.07 Å². The fourth-order valence-corrected chi connectivity index (χ4v) is 2.39. The fraction of sp³-hybridized carbons (Fsp3) is 0.333. The smallest absolute Gasteiger partial charge is 0.124 e. The van der Waals surface area contributed by atoms with Crippen molar-refractivity contribution in [2.24, 2.45) is 0 Å². The molecule has 0 bridgehead atoms. The lowest BCUT2D eigenvalue weighted by Crippen LogP contribution is -2.10. The summed E-state index contributed by atoms with van der Waals surface area (Å²) in [7, 11) is 0. The number of para-hydroxylation sites is 1. The highest BCUT2D eigenvalue weighted by molar-refractivity contribution is 5.58. The van der Waals surface area contributed by atoms with Gasteiger partial charge in [0.1, 0.15) is 11.5 Å². The summed E-state index contributed by atoms with van der Waals surface area (Å²) in [5, 5.41) is 13.2. The van der Waals surface area contributed by atoms with E-state index in [0.29, 0.717) is 12.4 Å². The van der Waals surface area contributed by atoms with Crippen molar-refractivity contribution in [3.8, 4) is 11.5 Å². The number of hydrogen-bond donors (Lipinski definition) is 2. The van der Waals surface area contributed by atoms with Crippen LogP contribution in [0, 0.1) is 13.8 Å². The summed E-state index contributed by atoms with van der Waals surface area (Å²) in [6.45, 7) is 8.64. The van der Waals surface area contributed by atoms with E-state index in [2.05, 4.69) is 18.3 Å². The maximum Gasteiger partial charge on any atom is 0.124 e. The molecule has 0 spiro atoms. The van der Waals surface area contributed by atoms with E-state index in [9.17, 15) is 5.11 Å². The number of phenolic OH excluding ortho intramolecular Hbond substituents is 1. The molecule has 3 nitrogen and oxygen atoms in total. The highest BCUT2D eigenvalue weighted by atomic mass is 16.5. The second kappa shape index (κ2) is 6.53. The summed E-state index contributed by atoms with van der Waals surface area (Å²) in [5.74, 6) is 1.24. The largest absolute Gasteiger partial charge is 0.508 e. The van der Waals surface area contributed by atoms with Gasteiger partial charge in [-0.05, 0) is 57.0 Å². The first-order valence-corrected chi connectivity index (χ1v) is 7.31. The van der Waals surface area contributed by atoms with Crippen molar-refractivity contribution in [3.05, 3.63) is 53.1 Å². The quantitative estimate of drug-likeness (QED) is 0.790. The van der Waals surface area contributed by atoms with Gasteiger partial charge in [0.2, 0.25) is 0 Å². The molecule has 2 rings (SSSR count). The number of aryl methyl sites for hydroxylation is 2. The van der Waals surface area contributed by atoms with Crippen molar-refractivity contribution in [2.45, 2.75) is 33.7 Å². The van der Waals surface area contributed by atoms with Gasteiger partial charge < -0.3 is 15.2 Å². The van der Waals surface area contributed by atoms with Gasteiger partial charge in [0.05, 0.1) is 12.6 Å². The third-order valence-corrected chi connectivity index (χ3v) is 3.60. The van der Waals surface area contributed by atoms with Crippen molar-refractivity contribution >= 4 is 5.69 Å². The van der Waals surface area contributed by atoms with Crippen LogP contribution in [0.5, 0.6) is 11.5 Å². The maximum absolute atomic E-state index is 9.74. The predicted molar refractivity (Wildman–Crippen MR) is 87.2 cm³/mol. The van der Waals surface area contributed by atoms with Crippen LogP contribution in [0.4, 0.5) is 5.69 Å². The van der Waals surface area contributed by atoms with E-state index in [-0.39, 0.29) is 6.04 Å². The average molecular weight is 285 g/mol. The molecule has 0 fully saturated rings. The van der Waals surface area contributed by atoms with Crippen LogP contribution in [0.3, 0.4) is 0 Å². The highest BCUT2D eigenvalue weighted by Crippen LogP contribution is 2.31. The number of benzene rings is 2. The molecule has 0 saturated carbocycles. The van der Waals surface area contributed by atoms with Crippen molar-refractivity contribution in [2.75, 3.05) is 11.9 Å². The molecule has 0 aliphatic carbocycles. The van der Waals surface area contributed by atoms with Crippen LogP contribution in [0.2, 0.25) is 0 Å². The van der Waals surface area contributed by atoms with E-state index >= 15 is 0 Å². The first-order chi connectivity index (χ1) is 10.0. The van der Waals surface area contributed by atoms with E-state index in [1.807, 2.05) is 45.0 Å². The van der Waals surface area contributed by atoms with Crippen molar-refractivity contribution < 1.29 is 9.84 Å². The monoisotopic (exact) mass is 285 g/mol. The fourth-order valence-electron chi connectivity index (χ4n) is 2.39. The van der Waals surface area contributed by atoms with Gasteiger partial charge in [-0.25, -0.2) is 0 Å². The molecule has 112 valence electrons. The Hall–Kier alpha value is -2.16. The van der Waals surface area contributed by atoms with Gasteiger partial charge in [0.25, 0.3) is 0 Å². The van der Waals surface area contributed by atoms with Gasteiger partial charge in [0.15, 0.2) is 0 Å². The normalized spacial score (nSPS) is 12.0. The Labute approximate surface area is 126 Å². The standard InChI is InChI=1S/C18H23NO2/c1-5-21-18-9-7-6-8-15(18)14(4)19-16-10-13(3)17(20)11-12(16)2/h6-11,14,19-20H,5H2,1-4H3. The SMILES string of the molecule is CCOc1ccccc1C(C)Nc1cc(C)c(O)cc1C. The van der Waals surface area contributed by atoms with Gasteiger partial charge >= 0.3 is 0 Å². The summed E-state index contributed by atoms with van der Waals surface area (Å²) >= 11 is 0. The molecular weight excluding hydrogens is 262 g/mol. The average Bonchev–Trinajstić information content (AvgIpc) is 2.45. The maximum atomic E-state index is 9.74. The van der Waals surface area contributed by atoms with Crippen molar-refractivity contribution in [3.63, 3.8) is 0 Å². The number of phenols is 1. The zero-order valence-electron chi connectivity index (χ0n) is 13.1. The number of rotatable bonds is 5. The van der Waals surface area contributed by atoms with Gasteiger partial charge in [-0.1, -0.05) is 18.2 Å². The van der Waals surface area contributed by atoms with Crippen LogP contribution in [0.15, 0.2) is 36.4 Å². The van der Waals surface area contributed by atoms with E-state index in [0.717, 1.165) is 28.1 Å². The van der Waals surface area contributed by atoms with Crippen LogP contribution in [-0.4, -0.2) is 11.7 Å². The second-order valence-corrected chi connectivity index (χ2v) is 5.29. The Kier molecular flexibility index (Phi) is 4.73. The topological polar surface area (TPSA) is 41.5 Å². The lowest BCUT2D eigenvalue weighted by Gasteiger charge is -2.20. The Balaban J connectivity index is 2.26.